The highest BCUT2D eigenvalue weighted by atomic mass is 16.4. The highest BCUT2D eigenvalue weighted by Crippen LogP contribution is 2.17. The second-order valence-electron chi connectivity index (χ2n) is 5.02. The third kappa shape index (κ3) is 4.69. The molecule has 0 saturated heterocycles. The van der Waals surface area contributed by atoms with Gasteiger partial charge in [0.05, 0.1) is 0 Å². The van der Waals surface area contributed by atoms with Crippen molar-refractivity contribution in [2.75, 3.05) is 0 Å². The third-order valence-electron chi connectivity index (χ3n) is 2.46. The van der Waals surface area contributed by atoms with Gasteiger partial charge in [0.2, 0.25) is 0 Å². The summed E-state index contributed by atoms with van der Waals surface area (Å²) in [7, 11) is 0. The number of carboxylic acid groups (broad SMARTS) is 1. The van der Waals surface area contributed by atoms with Gasteiger partial charge < -0.3 is 5.11 Å². The predicted molar refractivity (Wildman–Crippen MR) is 72.4 cm³/mol. The summed E-state index contributed by atoms with van der Waals surface area (Å²) in [6.07, 6.45) is 0.188. The van der Waals surface area contributed by atoms with Gasteiger partial charge in [-0.2, -0.15) is 0 Å². The first-order chi connectivity index (χ1) is 8.59. The Bertz CT molecular complexity index is 397. The van der Waals surface area contributed by atoms with Crippen LogP contribution in [0, 0.1) is 5.92 Å². The second kappa shape index (κ2) is 6.87. The molecular weight excluding hydrogens is 246 g/mol. The molecule has 0 aliphatic heterocycles. The molecule has 1 atom stereocenters. The van der Waals surface area contributed by atoms with E-state index in [0.29, 0.717) is 0 Å². The van der Waals surface area contributed by atoms with Crippen LogP contribution in [0.4, 0.5) is 0 Å². The van der Waals surface area contributed by atoms with Crippen LogP contribution in [-0.4, -0.2) is 33.8 Å². The molecule has 5 nitrogen and oxygen atoms in total. The lowest BCUT2D eigenvalue weighted by molar-refractivity contribution is -0.155. The van der Waals surface area contributed by atoms with Crippen LogP contribution >= 0.6 is 0 Å². The fraction of sp³-hybridized carbons (Fsp3) is 0.500. The first-order valence-electron chi connectivity index (χ1n) is 6.01. The molecule has 1 N–H and O–H groups in total. The maximum atomic E-state index is 12.0. The molecule has 106 valence electrons. The van der Waals surface area contributed by atoms with E-state index in [1.165, 1.54) is 13.8 Å². The number of nitrogens with zero attached hydrogens (tertiary/aromatic N) is 1. The minimum absolute atomic E-state index is 0.0273. The van der Waals surface area contributed by atoms with E-state index in [2.05, 4.69) is 13.2 Å². The van der Waals surface area contributed by atoms with Gasteiger partial charge in [-0.15, -0.1) is 0 Å². The van der Waals surface area contributed by atoms with Crippen LogP contribution in [0.5, 0.6) is 0 Å². The van der Waals surface area contributed by atoms with Gasteiger partial charge in [0.1, 0.15) is 6.04 Å². The highest BCUT2D eigenvalue weighted by Gasteiger charge is 2.35. The van der Waals surface area contributed by atoms with Gasteiger partial charge >= 0.3 is 5.97 Å². The zero-order valence-electron chi connectivity index (χ0n) is 11.9. The topological polar surface area (TPSA) is 74.7 Å². The molecule has 0 saturated carbocycles. The molecule has 0 radical (unpaired) electrons. The molecule has 0 aliphatic carbocycles. The number of imide groups is 1. The Balaban J connectivity index is 5.58. The molecule has 0 bridgehead atoms. The van der Waals surface area contributed by atoms with E-state index < -0.39 is 23.8 Å². The Morgan fingerprint density at radius 3 is 1.63 bits per heavy atom. The smallest absolute Gasteiger partial charge is 0.326 e. The summed E-state index contributed by atoms with van der Waals surface area (Å²) in [6.45, 7) is 13.5. The van der Waals surface area contributed by atoms with E-state index in [0.717, 1.165) is 4.90 Å². The van der Waals surface area contributed by atoms with E-state index in [1.807, 2.05) is 13.8 Å². The van der Waals surface area contributed by atoms with Crippen LogP contribution in [0.15, 0.2) is 24.3 Å². The molecule has 0 aromatic heterocycles. The molecule has 5 heteroatoms. The standard InChI is InChI=1S/C14H21NO4/c1-8(2)7-11(14(18)19)15(12(16)9(3)4)13(17)10(5)6/h8,11H,3,5,7H2,1-2,4,6H3,(H,18,19)/t11-/m0/s1. The minimum atomic E-state index is -1.21. The lowest BCUT2D eigenvalue weighted by atomic mass is 10.0. The number of aliphatic carboxylic acids is 1. The normalized spacial score (nSPS) is 11.8. The molecule has 0 spiro atoms. The molecule has 19 heavy (non-hydrogen) atoms. The van der Waals surface area contributed by atoms with Gasteiger partial charge in [0.15, 0.2) is 0 Å². The van der Waals surface area contributed by atoms with Crippen molar-refractivity contribution >= 4 is 17.8 Å². The van der Waals surface area contributed by atoms with Crippen molar-refractivity contribution < 1.29 is 19.5 Å². The molecule has 0 aromatic carbocycles. The van der Waals surface area contributed by atoms with Gasteiger partial charge in [0, 0.05) is 11.1 Å². The Morgan fingerprint density at radius 1 is 1.05 bits per heavy atom. The highest BCUT2D eigenvalue weighted by molar-refractivity contribution is 6.11. The number of carbonyl (C=O) groups excluding carboxylic acids is 2. The monoisotopic (exact) mass is 267 g/mol. The number of rotatable bonds is 6. The van der Waals surface area contributed by atoms with Crippen molar-refractivity contribution in [2.24, 2.45) is 5.92 Å². The average molecular weight is 267 g/mol. The van der Waals surface area contributed by atoms with Crippen LogP contribution in [0.25, 0.3) is 0 Å². The second-order valence-corrected chi connectivity index (χ2v) is 5.02. The Labute approximate surface area is 113 Å². The molecule has 0 unspecified atom stereocenters. The lowest BCUT2D eigenvalue weighted by Crippen LogP contribution is -2.49. The quantitative estimate of drug-likeness (QED) is 0.747. The number of carboxylic acids is 1. The van der Waals surface area contributed by atoms with Crippen molar-refractivity contribution in [1.29, 1.82) is 0 Å². The number of hydrogen-bond donors (Lipinski definition) is 1. The average Bonchev–Trinajstić information content (AvgIpc) is 2.26. The SMILES string of the molecule is C=C(C)C(=O)N(C(=O)C(=C)C)[C@@H](CC(C)C)C(=O)O. The van der Waals surface area contributed by atoms with Crippen LogP contribution < -0.4 is 0 Å². The van der Waals surface area contributed by atoms with Gasteiger partial charge in [-0.25, -0.2) is 4.79 Å². The summed E-state index contributed by atoms with van der Waals surface area (Å²) >= 11 is 0. The summed E-state index contributed by atoms with van der Waals surface area (Å²) < 4.78 is 0. The Kier molecular flexibility index (Phi) is 6.18. The maximum Gasteiger partial charge on any atom is 0.326 e. The van der Waals surface area contributed by atoms with Crippen molar-refractivity contribution in [3.63, 3.8) is 0 Å². The molecule has 0 heterocycles. The molecule has 0 aliphatic rings. The van der Waals surface area contributed by atoms with Crippen LogP contribution in [0.1, 0.15) is 34.1 Å². The summed E-state index contributed by atoms with van der Waals surface area (Å²) in [6, 6.07) is -1.20. The van der Waals surface area contributed by atoms with E-state index in [9.17, 15) is 19.5 Å². The van der Waals surface area contributed by atoms with Crippen LogP contribution in [0.2, 0.25) is 0 Å². The largest absolute Gasteiger partial charge is 0.480 e. The van der Waals surface area contributed by atoms with E-state index >= 15 is 0 Å². The van der Waals surface area contributed by atoms with Crippen molar-refractivity contribution in [3.05, 3.63) is 24.3 Å². The molecule has 2 amide bonds. The summed E-state index contributed by atoms with van der Waals surface area (Å²) in [5.74, 6) is -2.54. The van der Waals surface area contributed by atoms with Gasteiger partial charge in [0.25, 0.3) is 11.8 Å². The summed E-state index contributed by atoms with van der Waals surface area (Å²) in [4.78, 5) is 36.1. The Hall–Kier alpha value is -1.91. The van der Waals surface area contributed by atoms with Crippen molar-refractivity contribution in [1.82, 2.24) is 4.90 Å². The Morgan fingerprint density at radius 2 is 1.42 bits per heavy atom. The number of amides is 2. The summed E-state index contributed by atoms with van der Waals surface area (Å²) in [5.41, 5.74) is 0.231. The van der Waals surface area contributed by atoms with E-state index in [1.54, 1.807) is 0 Å². The van der Waals surface area contributed by atoms with Gasteiger partial charge in [-0.05, 0) is 26.2 Å². The van der Waals surface area contributed by atoms with Crippen LogP contribution in [0.3, 0.4) is 0 Å². The zero-order valence-corrected chi connectivity index (χ0v) is 11.9. The summed E-state index contributed by atoms with van der Waals surface area (Å²) in [5, 5.41) is 9.25. The first-order valence-corrected chi connectivity index (χ1v) is 6.01. The van der Waals surface area contributed by atoms with E-state index in [-0.39, 0.29) is 23.5 Å². The van der Waals surface area contributed by atoms with Crippen molar-refractivity contribution in [2.45, 2.75) is 40.2 Å². The third-order valence-corrected chi connectivity index (χ3v) is 2.46. The minimum Gasteiger partial charge on any atom is -0.480 e. The fourth-order valence-corrected chi connectivity index (χ4v) is 1.55. The fourth-order valence-electron chi connectivity index (χ4n) is 1.55. The van der Waals surface area contributed by atoms with Gasteiger partial charge in [-0.3, -0.25) is 14.5 Å². The number of hydrogen-bond acceptors (Lipinski definition) is 3. The molecule has 0 rings (SSSR count). The maximum absolute atomic E-state index is 12.0. The number of carbonyl (C=O) groups is 3. The van der Waals surface area contributed by atoms with Gasteiger partial charge in [-0.1, -0.05) is 27.0 Å². The lowest BCUT2D eigenvalue weighted by Gasteiger charge is -2.28. The zero-order chi connectivity index (χ0) is 15.3. The van der Waals surface area contributed by atoms with Crippen molar-refractivity contribution in [3.8, 4) is 0 Å². The predicted octanol–water partition coefficient (Wildman–Crippen LogP) is 1.99. The molecule has 0 aromatic rings. The first kappa shape index (κ1) is 17.1. The van der Waals surface area contributed by atoms with E-state index in [4.69, 9.17) is 0 Å². The van der Waals surface area contributed by atoms with Crippen LogP contribution in [-0.2, 0) is 14.4 Å². The molecule has 0 fully saturated rings. The molecular formula is C14H21NO4.